The highest BCUT2D eigenvalue weighted by Gasteiger charge is 2.22. The van der Waals surface area contributed by atoms with E-state index in [4.69, 9.17) is 0 Å². The predicted octanol–water partition coefficient (Wildman–Crippen LogP) is 4.68. The van der Waals surface area contributed by atoms with E-state index in [0.29, 0.717) is 0 Å². The average Bonchev–Trinajstić information content (AvgIpc) is 2.36. The molecule has 0 N–H and O–H groups in total. The van der Waals surface area contributed by atoms with E-state index >= 15 is 0 Å². The number of hydrogen-bond donors (Lipinski definition) is 0. The zero-order chi connectivity index (χ0) is 12.4. The highest BCUT2D eigenvalue weighted by molar-refractivity contribution is 7.65. The largest absolute Gasteiger partial charge is 0.0750 e. The van der Waals surface area contributed by atoms with Crippen LogP contribution < -0.4 is 5.30 Å². The summed E-state index contributed by atoms with van der Waals surface area (Å²) in [6.45, 7) is 9.32. The minimum atomic E-state index is 0.0567. The van der Waals surface area contributed by atoms with Crippen LogP contribution in [0.1, 0.15) is 48.8 Å². The molecule has 1 atom stereocenters. The Balaban J connectivity index is 2.24. The van der Waals surface area contributed by atoms with E-state index in [1.165, 1.54) is 43.2 Å². The van der Waals surface area contributed by atoms with Crippen molar-refractivity contribution < 1.29 is 0 Å². The van der Waals surface area contributed by atoms with Crippen LogP contribution >= 0.6 is 7.92 Å². The molecule has 0 aromatic heterocycles. The molecule has 0 amide bonds. The molecule has 1 aliphatic rings. The Hall–Kier alpha value is -0.350. The molecule has 0 radical (unpaired) electrons. The van der Waals surface area contributed by atoms with E-state index in [-0.39, 0.29) is 7.92 Å². The fourth-order valence-corrected chi connectivity index (χ4v) is 5.53. The van der Waals surface area contributed by atoms with Gasteiger partial charge in [0.25, 0.3) is 0 Å². The van der Waals surface area contributed by atoms with Crippen molar-refractivity contribution in [3.8, 4) is 0 Å². The van der Waals surface area contributed by atoms with E-state index in [1.807, 2.05) is 0 Å². The van der Waals surface area contributed by atoms with E-state index < -0.39 is 0 Å². The van der Waals surface area contributed by atoms with Crippen molar-refractivity contribution in [2.75, 3.05) is 6.66 Å². The fraction of sp³-hybridized carbons (Fsp3) is 0.625. The van der Waals surface area contributed by atoms with Crippen molar-refractivity contribution >= 4 is 13.2 Å². The second-order valence-corrected chi connectivity index (χ2v) is 7.99. The molecule has 17 heavy (non-hydrogen) atoms. The van der Waals surface area contributed by atoms with Gasteiger partial charge in [0.05, 0.1) is 0 Å². The van der Waals surface area contributed by atoms with Gasteiger partial charge in [-0.2, -0.15) is 0 Å². The maximum absolute atomic E-state index is 2.50. The Bertz CT molecular complexity index is 389. The fourth-order valence-electron chi connectivity index (χ4n) is 2.99. The lowest BCUT2D eigenvalue weighted by atomic mass is 10.0. The third kappa shape index (κ3) is 2.74. The van der Waals surface area contributed by atoms with Gasteiger partial charge in [-0.3, -0.25) is 0 Å². The highest BCUT2D eigenvalue weighted by Crippen LogP contribution is 2.44. The summed E-state index contributed by atoms with van der Waals surface area (Å²) in [4.78, 5) is 0. The maximum Gasteiger partial charge on any atom is -0.0171 e. The summed E-state index contributed by atoms with van der Waals surface area (Å²) < 4.78 is 0. The SMILES string of the molecule is Cc1ccc(P(C)C2CCCCC2)c(C)c1C. The van der Waals surface area contributed by atoms with Crippen molar-refractivity contribution in [1.82, 2.24) is 0 Å². The van der Waals surface area contributed by atoms with Gasteiger partial charge in [-0.15, -0.1) is 0 Å². The molecule has 1 heteroatoms. The van der Waals surface area contributed by atoms with Crippen LogP contribution in [0.15, 0.2) is 12.1 Å². The van der Waals surface area contributed by atoms with Crippen molar-refractivity contribution in [1.29, 1.82) is 0 Å². The first-order valence-electron chi connectivity index (χ1n) is 6.91. The van der Waals surface area contributed by atoms with Crippen LogP contribution in [-0.2, 0) is 0 Å². The Morgan fingerprint density at radius 2 is 1.59 bits per heavy atom. The third-order valence-electron chi connectivity index (χ3n) is 4.53. The standard InChI is InChI=1S/C16H25P/c1-12-10-11-16(14(3)13(12)2)17(4)15-8-6-5-7-9-15/h10-11,15H,5-9H2,1-4H3. The highest BCUT2D eigenvalue weighted by atomic mass is 31.1. The summed E-state index contributed by atoms with van der Waals surface area (Å²) in [6.07, 6.45) is 7.32. The van der Waals surface area contributed by atoms with Gasteiger partial charge >= 0.3 is 0 Å². The Kier molecular flexibility index (Phi) is 4.26. The Morgan fingerprint density at radius 3 is 2.24 bits per heavy atom. The zero-order valence-electron chi connectivity index (χ0n) is 11.7. The summed E-state index contributed by atoms with van der Waals surface area (Å²) in [7, 11) is 0.0567. The van der Waals surface area contributed by atoms with Crippen molar-refractivity contribution in [3.63, 3.8) is 0 Å². The lowest BCUT2D eigenvalue weighted by molar-refractivity contribution is 0.512. The molecule has 1 aliphatic carbocycles. The number of benzene rings is 1. The van der Waals surface area contributed by atoms with Gasteiger partial charge in [-0.05, 0) is 67.9 Å². The minimum Gasteiger partial charge on any atom is -0.0750 e. The van der Waals surface area contributed by atoms with Crippen LogP contribution in [0.4, 0.5) is 0 Å². The van der Waals surface area contributed by atoms with Gasteiger partial charge in [0.1, 0.15) is 0 Å². The lowest BCUT2D eigenvalue weighted by Crippen LogP contribution is -2.19. The number of hydrogen-bond acceptors (Lipinski definition) is 0. The summed E-state index contributed by atoms with van der Waals surface area (Å²) in [5.74, 6) is 0. The molecule has 1 aromatic rings. The van der Waals surface area contributed by atoms with E-state index in [2.05, 4.69) is 39.6 Å². The molecule has 94 valence electrons. The van der Waals surface area contributed by atoms with Crippen molar-refractivity contribution in [2.24, 2.45) is 0 Å². The van der Waals surface area contributed by atoms with Crippen LogP contribution in [-0.4, -0.2) is 12.3 Å². The summed E-state index contributed by atoms with van der Waals surface area (Å²) in [5, 5.41) is 1.66. The van der Waals surface area contributed by atoms with Crippen molar-refractivity contribution in [3.05, 3.63) is 28.8 Å². The zero-order valence-corrected chi connectivity index (χ0v) is 12.6. The molecule has 1 fully saturated rings. The van der Waals surface area contributed by atoms with Gasteiger partial charge in [-0.25, -0.2) is 0 Å². The first-order valence-corrected chi connectivity index (χ1v) is 8.76. The Labute approximate surface area is 108 Å². The molecule has 2 rings (SSSR count). The summed E-state index contributed by atoms with van der Waals surface area (Å²) in [5.41, 5.74) is 5.50. The van der Waals surface area contributed by atoms with Crippen LogP contribution in [0.3, 0.4) is 0 Å². The number of rotatable bonds is 2. The average molecular weight is 248 g/mol. The molecule has 0 bridgehead atoms. The smallest absolute Gasteiger partial charge is 0.0171 e. The molecule has 0 saturated heterocycles. The topological polar surface area (TPSA) is 0 Å². The number of aryl methyl sites for hydroxylation is 1. The first-order chi connectivity index (χ1) is 8.11. The lowest BCUT2D eigenvalue weighted by Gasteiger charge is -2.30. The molecule has 0 spiro atoms. The molecule has 1 aromatic carbocycles. The molecule has 1 unspecified atom stereocenters. The van der Waals surface area contributed by atoms with Crippen LogP contribution in [0, 0.1) is 20.8 Å². The van der Waals surface area contributed by atoms with Crippen molar-refractivity contribution in [2.45, 2.75) is 58.5 Å². The molecular formula is C16H25P. The van der Waals surface area contributed by atoms with Gasteiger partial charge in [0, 0.05) is 0 Å². The van der Waals surface area contributed by atoms with E-state index in [0.717, 1.165) is 5.66 Å². The van der Waals surface area contributed by atoms with E-state index in [1.54, 1.807) is 10.9 Å². The molecule has 0 aliphatic heterocycles. The molecule has 1 saturated carbocycles. The van der Waals surface area contributed by atoms with Gasteiger partial charge in [0.15, 0.2) is 0 Å². The molecule has 0 heterocycles. The molecule has 0 nitrogen and oxygen atoms in total. The van der Waals surface area contributed by atoms with Gasteiger partial charge < -0.3 is 0 Å². The minimum absolute atomic E-state index is 0.0567. The first kappa shape index (κ1) is 13.1. The Morgan fingerprint density at radius 1 is 0.941 bits per heavy atom. The monoisotopic (exact) mass is 248 g/mol. The van der Waals surface area contributed by atoms with Gasteiger partial charge in [0.2, 0.25) is 0 Å². The second kappa shape index (κ2) is 5.53. The van der Waals surface area contributed by atoms with Gasteiger partial charge in [-0.1, -0.05) is 39.3 Å². The maximum atomic E-state index is 2.50. The normalized spacial score (nSPS) is 19.3. The summed E-state index contributed by atoms with van der Waals surface area (Å²) >= 11 is 0. The molecular weight excluding hydrogens is 223 g/mol. The van der Waals surface area contributed by atoms with Crippen LogP contribution in [0.2, 0.25) is 0 Å². The van der Waals surface area contributed by atoms with Crippen LogP contribution in [0.25, 0.3) is 0 Å². The third-order valence-corrected chi connectivity index (χ3v) is 7.39. The second-order valence-electron chi connectivity index (χ2n) is 5.55. The quantitative estimate of drug-likeness (QED) is 0.666. The summed E-state index contributed by atoms with van der Waals surface area (Å²) in [6, 6.07) is 4.72. The van der Waals surface area contributed by atoms with Crippen LogP contribution in [0.5, 0.6) is 0 Å². The van der Waals surface area contributed by atoms with E-state index in [9.17, 15) is 0 Å². The predicted molar refractivity (Wildman–Crippen MR) is 80.0 cm³/mol.